The van der Waals surface area contributed by atoms with Crippen LogP contribution in [0.2, 0.25) is 0 Å². The smallest absolute Gasteiger partial charge is 0.123 e. The van der Waals surface area contributed by atoms with Crippen LogP contribution in [0.15, 0.2) is 18.2 Å². The minimum Gasteiger partial charge on any atom is -0.496 e. The fourth-order valence-electron chi connectivity index (χ4n) is 1.65. The molecule has 1 atom stereocenters. The second-order valence-corrected chi connectivity index (χ2v) is 3.84. The van der Waals surface area contributed by atoms with Crippen LogP contribution in [0.5, 0.6) is 5.75 Å². The van der Waals surface area contributed by atoms with Crippen LogP contribution >= 0.6 is 0 Å². The van der Waals surface area contributed by atoms with Gasteiger partial charge in [0.2, 0.25) is 0 Å². The topological polar surface area (TPSA) is 44.5 Å². The van der Waals surface area contributed by atoms with Crippen LogP contribution in [-0.2, 0) is 4.74 Å². The lowest BCUT2D eigenvalue weighted by atomic mass is 10.0. The molecule has 0 spiro atoms. The van der Waals surface area contributed by atoms with Crippen LogP contribution in [0.25, 0.3) is 0 Å². The van der Waals surface area contributed by atoms with Crippen molar-refractivity contribution in [2.75, 3.05) is 20.3 Å². The predicted molar refractivity (Wildman–Crippen MR) is 65.8 cm³/mol. The molecule has 0 aliphatic heterocycles. The highest BCUT2D eigenvalue weighted by Gasteiger charge is 2.11. The van der Waals surface area contributed by atoms with Crippen molar-refractivity contribution in [1.29, 1.82) is 0 Å². The molecule has 1 aromatic carbocycles. The molecule has 0 bridgehead atoms. The van der Waals surface area contributed by atoms with Crippen molar-refractivity contribution in [3.05, 3.63) is 29.3 Å². The molecule has 16 heavy (non-hydrogen) atoms. The summed E-state index contributed by atoms with van der Waals surface area (Å²) in [5, 5.41) is 0. The van der Waals surface area contributed by atoms with Crippen LogP contribution in [0.4, 0.5) is 0 Å². The van der Waals surface area contributed by atoms with E-state index in [0.29, 0.717) is 6.61 Å². The Morgan fingerprint density at radius 3 is 2.75 bits per heavy atom. The van der Waals surface area contributed by atoms with Crippen LogP contribution in [0.1, 0.15) is 30.5 Å². The fraction of sp³-hybridized carbons (Fsp3) is 0.538. The van der Waals surface area contributed by atoms with Crippen molar-refractivity contribution in [3.63, 3.8) is 0 Å². The van der Waals surface area contributed by atoms with Gasteiger partial charge in [-0.1, -0.05) is 17.7 Å². The summed E-state index contributed by atoms with van der Waals surface area (Å²) in [6.07, 6.45) is 0.813. The first kappa shape index (κ1) is 13.0. The molecular weight excluding hydrogens is 202 g/mol. The molecule has 3 heteroatoms. The summed E-state index contributed by atoms with van der Waals surface area (Å²) in [6, 6.07) is 6.04. The minimum atomic E-state index is -0.0265. The lowest BCUT2D eigenvalue weighted by Gasteiger charge is -2.16. The lowest BCUT2D eigenvalue weighted by molar-refractivity contribution is 0.139. The van der Waals surface area contributed by atoms with E-state index >= 15 is 0 Å². The number of methoxy groups -OCH3 is 1. The van der Waals surface area contributed by atoms with E-state index in [2.05, 4.69) is 13.0 Å². The van der Waals surface area contributed by atoms with Crippen LogP contribution in [-0.4, -0.2) is 20.3 Å². The molecule has 90 valence electrons. The first-order valence-electron chi connectivity index (χ1n) is 5.67. The Morgan fingerprint density at radius 1 is 1.38 bits per heavy atom. The number of hydrogen-bond acceptors (Lipinski definition) is 3. The molecule has 1 unspecified atom stereocenters. The molecule has 0 aromatic heterocycles. The van der Waals surface area contributed by atoms with Gasteiger partial charge in [0.15, 0.2) is 0 Å². The molecule has 1 aromatic rings. The molecular formula is C13H21NO2. The maximum absolute atomic E-state index is 6.12. The fourth-order valence-corrected chi connectivity index (χ4v) is 1.65. The molecule has 3 nitrogen and oxygen atoms in total. The van der Waals surface area contributed by atoms with Gasteiger partial charge in [-0.15, -0.1) is 0 Å². The molecule has 0 aliphatic carbocycles. The van der Waals surface area contributed by atoms with E-state index in [1.807, 2.05) is 19.1 Å². The van der Waals surface area contributed by atoms with Gasteiger partial charge in [0.1, 0.15) is 5.75 Å². The van der Waals surface area contributed by atoms with E-state index < -0.39 is 0 Å². The zero-order chi connectivity index (χ0) is 12.0. The van der Waals surface area contributed by atoms with Crippen molar-refractivity contribution >= 4 is 0 Å². The van der Waals surface area contributed by atoms with Crippen molar-refractivity contribution in [2.24, 2.45) is 5.73 Å². The summed E-state index contributed by atoms with van der Waals surface area (Å²) in [4.78, 5) is 0. The van der Waals surface area contributed by atoms with Gasteiger partial charge >= 0.3 is 0 Å². The molecule has 2 N–H and O–H groups in total. The summed E-state index contributed by atoms with van der Waals surface area (Å²) < 4.78 is 10.6. The van der Waals surface area contributed by atoms with Gasteiger partial charge in [0.25, 0.3) is 0 Å². The Bertz CT molecular complexity index is 326. The second kappa shape index (κ2) is 6.51. The highest BCUT2D eigenvalue weighted by Crippen LogP contribution is 2.26. The van der Waals surface area contributed by atoms with Gasteiger partial charge in [-0.2, -0.15) is 0 Å². The van der Waals surface area contributed by atoms with Gasteiger partial charge < -0.3 is 15.2 Å². The standard InChI is InChI=1S/C13H21NO2/c1-4-16-8-7-12(14)11-9-10(2)5-6-13(11)15-3/h5-6,9,12H,4,7-8,14H2,1-3H3. The van der Waals surface area contributed by atoms with Gasteiger partial charge in [-0.3, -0.25) is 0 Å². The third kappa shape index (κ3) is 3.51. The Labute approximate surface area is 97.6 Å². The summed E-state index contributed by atoms with van der Waals surface area (Å²) in [5.41, 5.74) is 8.38. The Morgan fingerprint density at radius 2 is 2.12 bits per heavy atom. The molecule has 0 amide bonds. The van der Waals surface area contributed by atoms with Gasteiger partial charge in [-0.05, 0) is 26.3 Å². The minimum absolute atomic E-state index is 0.0265. The molecule has 0 aliphatic rings. The third-order valence-corrected chi connectivity index (χ3v) is 2.56. The molecule has 0 heterocycles. The molecule has 0 radical (unpaired) electrons. The van der Waals surface area contributed by atoms with Gasteiger partial charge in [-0.25, -0.2) is 0 Å². The Kier molecular flexibility index (Phi) is 5.29. The first-order valence-corrected chi connectivity index (χ1v) is 5.67. The lowest BCUT2D eigenvalue weighted by Crippen LogP contribution is -2.14. The average Bonchev–Trinajstić information content (AvgIpc) is 2.29. The van der Waals surface area contributed by atoms with E-state index in [1.54, 1.807) is 7.11 Å². The normalized spacial score (nSPS) is 12.5. The predicted octanol–water partition coefficient (Wildman–Crippen LogP) is 2.43. The zero-order valence-corrected chi connectivity index (χ0v) is 10.3. The van der Waals surface area contributed by atoms with Crippen molar-refractivity contribution in [1.82, 2.24) is 0 Å². The highest BCUT2D eigenvalue weighted by atomic mass is 16.5. The van der Waals surface area contributed by atoms with E-state index in [0.717, 1.165) is 24.3 Å². The third-order valence-electron chi connectivity index (χ3n) is 2.56. The summed E-state index contributed by atoms with van der Waals surface area (Å²) >= 11 is 0. The number of rotatable bonds is 6. The van der Waals surface area contributed by atoms with Gasteiger partial charge in [0.05, 0.1) is 7.11 Å². The summed E-state index contributed by atoms with van der Waals surface area (Å²) in [7, 11) is 1.67. The Balaban J connectivity index is 2.72. The van der Waals surface area contributed by atoms with E-state index in [1.165, 1.54) is 5.56 Å². The molecule has 0 fully saturated rings. The van der Waals surface area contributed by atoms with Crippen molar-refractivity contribution < 1.29 is 9.47 Å². The number of benzene rings is 1. The monoisotopic (exact) mass is 223 g/mol. The molecule has 0 saturated heterocycles. The zero-order valence-electron chi connectivity index (χ0n) is 10.3. The maximum Gasteiger partial charge on any atom is 0.123 e. The maximum atomic E-state index is 6.12. The average molecular weight is 223 g/mol. The van der Waals surface area contributed by atoms with Crippen LogP contribution < -0.4 is 10.5 Å². The van der Waals surface area contributed by atoms with E-state index in [4.69, 9.17) is 15.2 Å². The van der Waals surface area contributed by atoms with E-state index in [-0.39, 0.29) is 6.04 Å². The number of ether oxygens (including phenoxy) is 2. The van der Waals surface area contributed by atoms with Crippen molar-refractivity contribution in [2.45, 2.75) is 26.3 Å². The number of nitrogens with two attached hydrogens (primary N) is 1. The largest absolute Gasteiger partial charge is 0.496 e. The summed E-state index contributed by atoms with van der Waals surface area (Å²) in [6.45, 7) is 5.46. The number of hydrogen-bond donors (Lipinski definition) is 1. The number of aryl methyl sites for hydroxylation is 1. The van der Waals surface area contributed by atoms with Gasteiger partial charge in [0, 0.05) is 24.8 Å². The highest BCUT2D eigenvalue weighted by molar-refractivity contribution is 5.38. The molecule has 1 rings (SSSR count). The first-order chi connectivity index (χ1) is 7.69. The van der Waals surface area contributed by atoms with Crippen LogP contribution in [0.3, 0.4) is 0 Å². The van der Waals surface area contributed by atoms with Crippen LogP contribution in [0, 0.1) is 6.92 Å². The Hall–Kier alpha value is -1.06. The van der Waals surface area contributed by atoms with E-state index in [9.17, 15) is 0 Å². The molecule has 0 saturated carbocycles. The quantitative estimate of drug-likeness (QED) is 0.753. The second-order valence-electron chi connectivity index (χ2n) is 3.84. The summed E-state index contributed by atoms with van der Waals surface area (Å²) in [5.74, 6) is 0.856. The van der Waals surface area contributed by atoms with Crippen molar-refractivity contribution in [3.8, 4) is 5.75 Å². The SMILES string of the molecule is CCOCCC(N)c1cc(C)ccc1OC.